The summed E-state index contributed by atoms with van der Waals surface area (Å²) in [6.07, 6.45) is 0. The van der Waals surface area contributed by atoms with Crippen LogP contribution in [-0.4, -0.2) is 16.1 Å². The monoisotopic (exact) mass is 415 g/mol. The molecule has 0 saturated heterocycles. The summed E-state index contributed by atoms with van der Waals surface area (Å²) in [5.41, 5.74) is 3.27. The van der Waals surface area contributed by atoms with E-state index in [0.29, 0.717) is 33.5 Å². The number of aromatic nitrogens is 1. The van der Waals surface area contributed by atoms with E-state index in [9.17, 15) is 18.7 Å². The number of carbonyl (C=O) groups is 1. The molecular formula is C23H16F2KNO2. The van der Waals surface area contributed by atoms with Crippen LogP contribution in [0.1, 0.15) is 17.3 Å². The number of aromatic carboxylic acids is 1. The van der Waals surface area contributed by atoms with Crippen LogP contribution in [0.4, 0.5) is 8.78 Å². The molecule has 0 bridgehead atoms. The van der Waals surface area contributed by atoms with Crippen LogP contribution in [0.15, 0.2) is 66.7 Å². The molecule has 0 fully saturated rings. The Hall–Kier alpha value is -1.96. The van der Waals surface area contributed by atoms with Gasteiger partial charge in [0.2, 0.25) is 0 Å². The Morgan fingerprint density at radius 3 is 2.28 bits per heavy atom. The summed E-state index contributed by atoms with van der Waals surface area (Å²) >= 11 is 0. The maximum absolute atomic E-state index is 14.0. The minimum atomic E-state index is -1.14. The number of pyridine rings is 1. The van der Waals surface area contributed by atoms with E-state index in [0.717, 1.165) is 0 Å². The number of rotatable bonds is 3. The molecule has 0 spiro atoms. The molecule has 1 N–H and O–H groups in total. The maximum Gasteiger partial charge on any atom is 1.00 e. The molecule has 6 heteroatoms. The van der Waals surface area contributed by atoms with E-state index >= 15 is 0 Å². The van der Waals surface area contributed by atoms with Crippen LogP contribution in [0.5, 0.6) is 0 Å². The molecule has 1 heterocycles. The average molecular weight is 415 g/mol. The zero-order valence-corrected chi connectivity index (χ0v) is 19.0. The summed E-state index contributed by atoms with van der Waals surface area (Å²) in [6, 6.07) is 17.5. The molecule has 140 valence electrons. The number of carboxylic acids is 1. The van der Waals surface area contributed by atoms with E-state index in [1.165, 1.54) is 24.3 Å². The number of benzene rings is 3. The third-order valence-corrected chi connectivity index (χ3v) is 4.75. The molecular weight excluding hydrogens is 399 g/mol. The van der Waals surface area contributed by atoms with Gasteiger partial charge in [-0.15, -0.1) is 0 Å². The first kappa shape index (κ1) is 21.7. The Balaban J connectivity index is 0.00000160. The van der Waals surface area contributed by atoms with Crippen LogP contribution < -0.4 is 51.4 Å². The first-order chi connectivity index (χ1) is 13.5. The van der Waals surface area contributed by atoms with Gasteiger partial charge in [-0.1, -0.05) is 42.5 Å². The van der Waals surface area contributed by atoms with Crippen molar-refractivity contribution < 1.29 is 71.5 Å². The number of fused-ring (bicyclic) bond motifs is 1. The van der Waals surface area contributed by atoms with Crippen LogP contribution in [0, 0.1) is 18.6 Å². The third kappa shape index (κ3) is 4.17. The van der Waals surface area contributed by atoms with E-state index in [4.69, 9.17) is 0 Å². The number of hydrogen-bond donors (Lipinski definition) is 1. The van der Waals surface area contributed by atoms with Gasteiger partial charge in [0.05, 0.1) is 16.8 Å². The normalized spacial score (nSPS) is 10.6. The molecule has 0 aliphatic rings. The second-order valence-corrected chi connectivity index (χ2v) is 6.48. The van der Waals surface area contributed by atoms with Crippen molar-refractivity contribution in [2.24, 2.45) is 0 Å². The van der Waals surface area contributed by atoms with Crippen LogP contribution in [-0.2, 0) is 0 Å². The summed E-state index contributed by atoms with van der Waals surface area (Å²) < 4.78 is 27.6. The van der Waals surface area contributed by atoms with Crippen molar-refractivity contribution in [3.8, 4) is 22.4 Å². The third-order valence-electron chi connectivity index (χ3n) is 4.75. The maximum atomic E-state index is 14.0. The quantitative estimate of drug-likeness (QED) is 0.524. The van der Waals surface area contributed by atoms with Crippen LogP contribution in [0.3, 0.4) is 0 Å². The fourth-order valence-corrected chi connectivity index (χ4v) is 3.39. The van der Waals surface area contributed by atoms with Crippen LogP contribution >= 0.6 is 0 Å². The van der Waals surface area contributed by atoms with Gasteiger partial charge in [-0.3, -0.25) is 0 Å². The van der Waals surface area contributed by atoms with Crippen molar-refractivity contribution in [2.75, 3.05) is 0 Å². The summed E-state index contributed by atoms with van der Waals surface area (Å²) in [7, 11) is 0. The Morgan fingerprint density at radius 2 is 1.62 bits per heavy atom. The first-order valence-corrected chi connectivity index (χ1v) is 8.64. The van der Waals surface area contributed by atoms with Gasteiger partial charge in [0.1, 0.15) is 11.6 Å². The molecule has 3 nitrogen and oxygen atoms in total. The largest absolute Gasteiger partial charge is 1.00 e. The molecule has 4 aromatic rings. The molecule has 0 aliphatic carbocycles. The van der Waals surface area contributed by atoms with Crippen molar-refractivity contribution in [3.63, 3.8) is 0 Å². The van der Waals surface area contributed by atoms with Crippen molar-refractivity contribution in [1.29, 1.82) is 0 Å². The van der Waals surface area contributed by atoms with Crippen molar-refractivity contribution in [2.45, 2.75) is 6.92 Å². The SMILES string of the molecule is Cc1c(-c2ccc(-c3ccccc3F)cc2)nc2ccc(F)cc2c1C(=O)O.[H-].[K+]. The van der Waals surface area contributed by atoms with E-state index < -0.39 is 11.8 Å². The number of hydrogen-bond acceptors (Lipinski definition) is 2. The Labute approximate surface area is 210 Å². The average Bonchev–Trinajstić information content (AvgIpc) is 2.68. The standard InChI is InChI=1S/C23H15F2NO2.K.H/c1-13-21(23(27)28)18-12-16(24)10-11-20(18)26-22(13)15-8-6-14(7-9-15)17-4-2-3-5-19(17)25;;/h2-12H,1H3,(H,27,28);;/q;+1;-1. The van der Waals surface area contributed by atoms with Gasteiger partial charge >= 0.3 is 57.4 Å². The van der Waals surface area contributed by atoms with Gasteiger partial charge in [0.15, 0.2) is 0 Å². The topological polar surface area (TPSA) is 50.2 Å². The summed E-state index contributed by atoms with van der Waals surface area (Å²) in [4.78, 5) is 16.4. The van der Waals surface area contributed by atoms with Gasteiger partial charge in [-0.05, 0) is 42.3 Å². The molecule has 1 aromatic heterocycles. The van der Waals surface area contributed by atoms with Crippen LogP contribution in [0.25, 0.3) is 33.3 Å². The summed E-state index contributed by atoms with van der Waals surface area (Å²) in [5.74, 6) is -1.97. The Bertz CT molecular complexity index is 1230. The van der Waals surface area contributed by atoms with E-state index in [2.05, 4.69) is 4.98 Å². The number of carboxylic acid groups (broad SMARTS) is 1. The predicted molar refractivity (Wildman–Crippen MR) is 105 cm³/mol. The first-order valence-electron chi connectivity index (χ1n) is 8.64. The van der Waals surface area contributed by atoms with Gasteiger partial charge in [-0.25, -0.2) is 18.6 Å². The Morgan fingerprint density at radius 1 is 0.966 bits per heavy atom. The molecule has 4 rings (SSSR count). The van der Waals surface area contributed by atoms with Gasteiger partial charge in [-0.2, -0.15) is 0 Å². The second-order valence-electron chi connectivity index (χ2n) is 6.48. The van der Waals surface area contributed by atoms with Crippen LogP contribution in [0.2, 0.25) is 0 Å². The van der Waals surface area contributed by atoms with Gasteiger partial charge < -0.3 is 6.53 Å². The second kappa shape index (κ2) is 8.81. The minimum absolute atomic E-state index is 0. The van der Waals surface area contributed by atoms with Crippen molar-refractivity contribution >= 4 is 16.9 Å². The van der Waals surface area contributed by atoms with E-state index in [1.54, 1.807) is 49.4 Å². The minimum Gasteiger partial charge on any atom is -1.00 e. The summed E-state index contributed by atoms with van der Waals surface area (Å²) in [5, 5.41) is 9.92. The molecule has 0 aliphatic heterocycles. The summed E-state index contributed by atoms with van der Waals surface area (Å²) in [6.45, 7) is 1.65. The zero-order valence-electron chi connectivity index (χ0n) is 16.9. The van der Waals surface area contributed by atoms with Gasteiger partial charge in [0.25, 0.3) is 0 Å². The molecule has 0 atom stereocenters. The number of halogens is 2. The molecule has 29 heavy (non-hydrogen) atoms. The number of nitrogens with zero attached hydrogens (tertiary/aromatic N) is 1. The molecule has 0 radical (unpaired) electrons. The fraction of sp³-hybridized carbons (Fsp3) is 0.0435. The van der Waals surface area contributed by atoms with Crippen molar-refractivity contribution in [1.82, 2.24) is 4.98 Å². The molecule has 3 aromatic carbocycles. The zero-order chi connectivity index (χ0) is 19.8. The van der Waals surface area contributed by atoms with Crippen molar-refractivity contribution in [3.05, 3.63) is 89.5 Å². The molecule has 0 amide bonds. The van der Waals surface area contributed by atoms with E-state index in [-0.39, 0.29) is 69.6 Å². The van der Waals surface area contributed by atoms with Gasteiger partial charge in [0, 0.05) is 16.5 Å². The smallest absolute Gasteiger partial charge is 1.00 e. The Kier molecular flexibility index (Phi) is 6.61. The van der Waals surface area contributed by atoms with E-state index in [1.807, 2.05) is 0 Å². The fourth-order valence-electron chi connectivity index (χ4n) is 3.39. The molecule has 0 unspecified atom stereocenters. The predicted octanol–water partition coefficient (Wildman–Crippen LogP) is 2.97. The molecule has 0 saturated carbocycles.